The van der Waals surface area contributed by atoms with Crippen molar-refractivity contribution in [3.63, 3.8) is 0 Å². The number of para-hydroxylation sites is 3. The van der Waals surface area contributed by atoms with Crippen molar-refractivity contribution < 1.29 is 0 Å². The van der Waals surface area contributed by atoms with E-state index in [1.165, 1.54) is 104 Å². The first-order valence-corrected chi connectivity index (χ1v) is 19.3. The minimum Gasteiger partial charge on any atom is -0.309 e. The lowest BCUT2D eigenvalue weighted by molar-refractivity contribution is 1.18. The van der Waals surface area contributed by atoms with Crippen LogP contribution < -0.4 is 0 Å². The summed E-state index contributed by atoms with van der Waals surface area (Å²) in [7, 11) is 0. The number of hydrogen-bond donors (Lipinski definition) is 0. The second-order valence-electron chi connectivity index (χ2n) is 14.9. The minimum atomic E-state index is 1.15. The summed E-state index contributed by atoms with van der Waals surface area (Å²) in [4.78, 5) is 0. The van der Waals surface area contributed by atoms with Crippen molar-refractivity contribution in [1.82, 2.24) is 9.13 Å². The Hall–Kier alpha value is -7.42. The van der Waals surface area contributed by atoms with Gasteiger partial charge in [-0.3, -0.25) is 0 Å². The van der Waals surface area contributed by atoms with Crippen LogP contribution >= 0.6 is 0 Å². The molecule has 0 saturated heterocycles. The third-order valence-electron chi connectivity index (χ3n) is 11.9. The van der Waals surface area contributed by atoms with Gasteiger partial charge in [0.05, 0.1) is 22.1 Å². The lowest BCUT2D eigenvalue weighted by atomic mass is 9.90. The number of nitrogens with zero attached hydrogens (tertiary/aromatic N) is 2. The molecule has 12 aromatic rings. The second kappa shape index (κ2) is 12.0. The summed E-state index contributed by atoms with van der Waals surface area (Å²) < 4.78 is 4.81. The minimum absolute atomic E-state index is 1.15. The zero-order valence-electron chi connectivity index (χ0n) is 30.5. The molecule has 0 aliphatic heterocycles. The Bertz CT molecular complexity index is 3530. The highest BCUT2D eigenvalue weighted by molar-refractivity contribution is 6.23. The van der Waals surface area contributed by atoms with Crippen molar-refractivity contribution in [2.24, 2.45) is 0 Å². The average molecular weight is 711 g/mol. The normalized spacial score (nSPS) is 11.9. The molecular weight excluding hydrogens is 677 g/mol. The van der Waals surface area contributed by atoms with Crippen molar-refractivity contribution in [2.75, 3.05) is 0 Å². The molecule has 0 aliphatic rings. The lowest BCUT2D eigenvalue weighted by Crippen LogP contribution is -1.95. The predicted octanol–water partition coefficient (Wildman–Crippen LogP) is 14.7. The fraction of sp³-hybridized carbons (Fsp3) is 0. The van der Waals surface area contributed by atoms with Gasteiger partial charge >= 0.3 is 0 Å². The molecule has 0 radical (unpaired) electrons. The van der Waals surface area contributed by atoms with E-state index in [0.717, 1.165) is 5.69 Å². The Morgan fingerprint density at radius 3 is 1.46 bits per heavy atom. The number of hydrogen-bond acceptors (Lipinski definition) is 0. The van der Waals surface area contributed by atoms with Crippen LogP contribution in [-0.4, -0.2) is 9.13 Å². The number of aromatic nitrogens is 2. The monoisotopic (exact) mass is 710 g/mol. The number of rotatable bonds is 4. The van der Waals surface area contributed by atoms with Crippen LogP contribution in [0.25, 0.3) is 110 Å². The first kappa shape index (κ1) is 31.0. The number of benzene rings is 10. The maximum absolute atomic E-state index is 2.44. The molecule has 2 nitrogen and oxygen atoms in total. The van der Waals surface area contributed by atoms with Crippen LogP contribution in [0.15, 0.2) is 206 Å². The van der Waals surface area contributed by atoms with E-state index in [0.29, 0.717) is 0 Å². The van der Waals surface area contributed by atoms with Gasteiger partial charge in [0.2, 0.25) is 0 Å². The standard InChI is InChI=1S/C54H34N2/c1-2-15-40(16-3-1)55-50-23-10-8-20-44(50)48-32-36(27-29-52(48)55)37-28-30-53-49(33-37)45-21-9-11-24-51(45)56(53)41-17-12-14-38(31-41)47-34-39-26-25-35-13-4-5-18-42(35)54(39)46-22-7-6-19-43(46)47/h1-34H. The average Bonchev–Trinajstić information content (AvgIpc) is 3.78. The smallest absolute Gasteiger partial charge is 0.0541 e. The van der Waals surface area contributed by atoms with Crippen LogP contribution in [0.3, 0.4) is 0 Å². The first-order valence-electron chi connectivity index (χ1n) is 19.3. The van der Waals surface area contributed by atoms with Crippen LogP contribution in [-0.2, 0) is 0 Å². The zero-order valence-corrected chi connectivity index (χ0v) is 30.5. The van der Waals surface area contributed by atoms with E-state index < -0.39 is 0 Å². The highest BCUT2D eigenvalue weighted by Crippen LogP contribution is 2.41. The lowest BCUT2D eigenvalue weighted by Gasteiger charge is -2.15. The quantitative estimate of drug-likeness (QED) is 0.161. The van der Waals surface area contributed by atoms with Gasteiger partial charge in [-0.15, -0.1) is 0 Å². The molecule has 0 fully saturated rings. The van der Waals surface area contributed by atoms with Crippen molar-refractivity contribution >= 4 is 75.9 Å². The summed E-state index contributed by atoms with van der Waals surface area (Å²) in [5, 5.41) is 12.7. The Morgan fingerprint density at radius 2 is 0.768 bits per heavy atom. The van der Waals surface area contributed by atoms with Crippen LogP contribution in [0.2, 0.25) is 0 Å². The Kier molecular flexibility index (Phi) is 6.66. The summed E-state index contributed by atoms with van der Waals surface area (Å²) in [5.41, 5.74) is 12.0. The summed E-state index contributed by atoms with van der Waals surface area (Å²) in [5.74, 6) is 0. The summed E-state index contributed by atoms with van der Waals surface area (Å²) in [6, 6.07) is 75.8. The van der Waals surface area contributed by atoms with E-state index in [4.69, 9.17) is 0 Å². The molecule has 0 aliphatic carbocycles. The maximum atomic E-state index is 2.44. The van der Waals surface area contributed by atoms with Crippen molar-refractivity contribution in [3.05, 3.63) is 206 Å². The van der Waals surface area contributed by atoms with E-state index >= 15 is 0 Å². The zero-order chi connectivity index (χ0) is 36.7. The van der Waals surface area contributed by atoms with Gasteiger partial charge in [0.25, 0.3) is 0 Å². The van der Waals surface area contributed by atoms with Crippen LogP contribution in [0.1, 0.15) is 0 Å². The van der Waals surface area contributed by atoms with Crippen molar-refractivity contribution in [2.45, 2.75) is 0 Å². The van der Waals surface area contributed by atoms with Crippen LogP contribution in [0.5, 0.6) is 0 Å². The van der Waals surface area contributed by atoms with Gasteiger partial charge in [-0.2, -0.15) is 0 Å². The highest BCUT2D eigenvalue weighted by atomic mass is 15.0. The molecule has 260 valence electrons. The van der Waals surface area contributed by atoms with Crippen molar-refractivity contribution in [3.8, 4) is 33.6 Å². The van der Waals surface area contributed by atoms with Gasteiger partial charge in [-0.1, -0.05) is 140 Å². The molecule has 2 aromatic heterocycles. The van der Waals surface area contributed by atoms with Gasteiger partial charge in [0.15, 0.2) is 0 Å². The van der Waals surface area contributed by atoms with Gasteiger partial charge < -0.3 is 9.13 Å². The van der Waals surface area contributed by atoms with E-state index in [9.17, 15) is 0 Å². The molecule has 56 heavy (non-hydrogen) atoms. The molecule has 0 atom stereocenters. The molecule has 0 amide bonds. The number of fused-ring (bicyclic) bond motifs is 11. The summed E-state index contributed by atoms with van der Waals surface area (Å²) in [6.07, 6.45) is 0. The van der Waals surface area contributed by atoms with E-state index in [1.807, 2.05) is 0 Å². The first-order chi connectivity index (χ1) is 27.8. The molecule has 2 heteroatoms. The molecule has 0 spiro atoms. The maximum Gasteiger partial charge on any atom is 0.0541 e. The fourth-order valence-electron chi connectivity index (χ4n) is 9.37. The Labute approximate surface area is 323 Å². The Morgan fingerprint density at radius 1 is 0.250 bits per heavy atom. The molecule has 0 bridgehead atoms. The molecule has 0 saturated carbocycles. The van der Waals surface area contributed by atoms with Crippen LogP contribution in [0.4, 0.5) is 0 Å². The van der Waals surface area contributed by atoms with E-state index in [-0.39, 0.29) is 0 Å². The second-order valence-corrected chi connectivity index (χ2v) is 14.9. The van der Waals surface area contributed by atoms with Gasteiger partial charge in [0.1, 0.15) is 0 Å². The van der Waals surface area contributed by atoms with E-state index in [2.05, 4.69) is 215 Å². The fourth-order valence-corrected chi connectivity index (χ4v) is 9.37. The van der Waals surface area contributed by atoms with Gasteiger partial charge in [0, 0.05) is 32.9 Å². The van der Waals surface area contributed by atoms with Crippen LogP contribution in [0, 0.1) is 0 Å². The third kappa shape index (κ3) is 4.57. The predicted molar refractivity (Wildman–Crippen MR) is 239 cm³/mol. The Balaban J connectivity index is 1.02. The highest BCUT2D eigenvalue weighted by Gasteiger charge is 2.17. The molecule has 2 heterocycles. The molecule has 0 N–H and O–H groups in total. The summed E-state index contributed by atoms with van der Waals surface area (Å²) >= 11 is 0. The largest absolute Gasteiger partial charge is 0.309 e. The van der Waals surface area contributed by atoms with E-state index in [1.54, 1.807) is 0 Å². The van der Waals surface area contributed by atoms with Gasteiger partial charge in [-0.05, 0) is 121 Å². The summed E-state index contributed by atoms with van der Waals surface area (Å²) in [6.45, 7) is 0. The van der Waals surface area contributed by atoms with Crippen molar-refractivity contribution in [1.29, 1.82) is 0 Å². The molecule has 10 aromatic carbocycles. The molecule has 0 unspecified atom stereocenters. The topological polar surface area (TPSA) is 9.86 Å². The van der Waals surface area contributed by atoms with Gasteiger partial charge in [-0.25, -0.2) is 0 Å². The molecular formula is C54H34N2. The third-order valence-corrected chi connectivity index (χ3v) is 11.9. The SMILES string of the molecule is c1ccc(-n2c3ccccc3c3cc(-c4ccc5c(c4)c4ccccc4n5-c4cccc(-c5cc6ccc7ccccc7c6c6ccccc56)c4)ccc32)cc1. The molecule has 12 rings (SSSR count).